The van der Waals surface area contributed by atoms with E-state index in [9.17, 15) is 4.79 Å². The summed E-state index contributed by atoms with van der Waals surface area (Å²) in [5, 5.41) is 9.08. The average molecular weight is 258 g/mol. The molecule has 0 spiro atoms. The lowest BCUT2D eigenvalue weighted by Gasteiger charge is -2.38. The number of ether oxygens (including phenoxy) is 2. The van der Waals surface area contributed by atoms with Gasteiger partial charge in [-0.05, 0) is 25.3 Å². The van der Waals surface area contributed by atoms with Crippen molar-refractivity contribution in [3.8, 4) is 17.6 Å². The fraction of sp³-hybridized carbons (Fsp3) is 0.429. The van der Waals surface area contributed by atoms with Crippen LogP contribution in [0.1, 0.15) is 30.4 Å². The third-order valence-electron chi connectivity index (χ3n) is 3.55. The van der Waals surface area contributed by atoms with Crippen LogP contribution in [0.5, 0.6) is 11.5 Å². The van der Waals surface area contributed by atoms with Crippen LogP contribution in [0.25, 0.3) is 0 Å². The summed E-state index contributed by atoms with van der Waals surface area (Å²) in [6.45, 7) is 0. The molecule has 0 amide bonds. The van der Waals surface area contributed by atoms with Crippen molar-refractivity contribution in [2.24, 2.45) is 4.99 Å². The SMILES string of the molecule is COc1cc(C#N)cc(C2(N=C=O)CCC2)c1OC. The Bertz CT molecular complexity index is 579. The molecule has 0 bridgehead atoms. The Balaban J connectivity index is 2.67. The molecule has 0 aliphatic heterocycles. The first-order valence-electron chi connectivity index (χ1n) is 5.96. The Kier molecular flexibility index (Phi) is 3.55. The fourth-order valence-corrected chi connectivity index (χ4v) is 2.42. The van der Waals surface area contributed by atoms with Crippen LogP contribution in [0.3, 0.4) is 0 Å². The summed E-state index contributed by atoms with van der Waals surface area (Å²) in [7, 11) is 3.05. The number of benzene rings is 1. The number of rotatable bonds is 4. The molecule has 0 heterocycles. The summed E-state index contributed by atoms with van der Waals surface area (Å²) in [4.78, 5) is 14.6. The van der Waals surface area contributed by atoms with Crippen molar-refractivity contribution < 1.29 is 14.3 Å². The second kappa shape index (κ2) is 5.13. The van der Waals surface area contributed by atoms with Gasteiger partial charge < -0.3 is 9.47 Å². The molecular formula is C14H14N2O3. The van der Waals surface area contributed by atoms with Gasteiger partial charge in [-0.15, -0.1) is 0 Å². The minimum absolute atomic E-state index is 0.458. The van der Waals surface area contributed by atoms with Gasteiger partial charge in [0.25, 0.3) is 0 Å². The van der Waals surface area contributed by atoms with E-state index in [2.05, 4.69) is 11.1 Å². The van der Waals surface area contributed by atoms with Crippen LogP contribution in [-0.2, 0) is 10.3 Å². The predicted molar refractivity (Wildman–Crippen MR) is 67.9 cm³/mol. The monoisotopic (exact) mass is 258 g/mol. The van der Waals surface area contributed by atoms with Crippen molar-refractivity contribution in [2.75, 3.05) is 14.2 Å². The summed E-state index contributed by atoms with van der Waals surface area (Å²) in [6.07, 6.45) is 4.10. The molecule has 5 heteroatoms. The smallest absolute Gasteiger partial charge is 0.235 e. The number of carbonyl (C=O) groups excluding carboxylic acids is 1. The quantitative estimate of drug-likeness (QED) is 0.613. The molecule has 1 fully saturated rings. The van der Waals surface area contributed by atoms with Crippen LogP contribution >= 0.6 is 0 Å². The zero-order valence-corrected chi connectivity index (χ0v) is 10.9. The van der Waals surface area contributed by atoms with Crippen LogP contribution in [0.15, 0.2) is 17.1 Å². The Hall–Kier alpha value is -2.31. The molecule has 0 saturated heterocycles. The molecule has 1 saturated carbocycles. The standard InChI is InChI=1S/C14H14N2O3/c1-18-12-7-10(8-15)6-11(13(12)19-2)14(16-9-17)4-3-5-14/h6-7H,3-5H2,1-2H3. The number of aliphatic imine (C=N–C) groups is 1. The largest absolute Gasteiger partial charge is 0.493 e. The summed E-state index contributed by atoms with van der Waals surface area (Å²) in [5.74, 6) is 1.00. The number of nitriles is 1. The van der Waals surface area contributed by atoms with Gasteiger partial charge in [0.15, 0.2) is 11.5 Å². The van der Waals surface area contributed by atoms with Crippen molar-refractivity contribution >= 4 is 6.08 Å². The van der Waals surface area contributed by atoms with Crippen molar-refractivity contribution in [1.29, 1.82) is 5.26 Å². The highest BCUT2D eigenvalue weighted by atomic mass is 16.5. The van der Waals surface area contributed by atoms with Crippen molar-refractivity contribution in [3.05, 3.63) is 23.3 Å². The van der Waals surface area contributed by atoms with Gasteiger partial charge in [-0.3, -0.25) is 0 Å². The number of hydrogen-bond acceptors (Lipinski definition) is 5. The number of methoxy groups -OCH3 is 2. The van der Waals surface area contributed by atoms with E-state index in [4.69, 9.17) is 14.7 Å². The Labute approximate surface area is 111 Å². The molecule has 1 aliphatic carbocycles. The topological polar surface area (TPSA) is 71.7 Å². The Morgan fingerprint density at radius 2 is 2.05 bits per heavy atom. The van der Waals surface area contributed by atoms with Gasteiger partial charge in [-0.25, -0.2) is 4.79 Å². The molecule has 1 aliphatic rings. The van der Waals surface area contributed by atoms with Crippen LogP contribution in [0.4, 0.5) is 0 Å². The molecule has 0 radical (unpaired) electrons. The van der Waals surface area contributed by atoms with E-state index in [1.165, 1.54) is 14.2 Å². The summed E-state index contributed by atoms with van der Waals surface area (Å²) in [6, 6.07) is 5.40. The Morgan fingerprint density at radius 3 is 2.47 bits per heavy atom. The lowest BCUT2D eigenvalue weighted by molar-refractivity contribution is 0.242. The van der Waals surface area contributed by atoms with Gasteiger partial charge in [0.05, 0.1) is 25.9 Å². The van der Waals surface area contributed by atoms with E-state index in [0.29, 0.717) is 17.1 Å². The molecule has 1 aromatic carbocycles. The minimum Gasteiger partial charge on any atom is -0.493 e. The molecule has 0 atom stereocenters. The van der Waals surface area contributed by atoms with E-state index in [1.807, 2.05) is 0 Å². The van der Waals surface area contributed by atoms with Crippen LogP contribution in [0, 0.1) is 11.3 Å². The zero-order valence-electron chi connectivity index (χ0n) is 10.9. The maximum atomic E-state index is 10.7. The summed E-state index contributed by atoms with van der Waals surface area (Å²) < 4.78 is 10.6. The molecule has 0 N–H and O–H groups in total. The third-order valence-corrected chi connectivity index (χ3v) is 3.55. The van der Waals surface area contributed by atoms with Crippen LogP contribution in [-0.4, -0.2) is 20.3 Å². The van der Waals surface area contributed by atoms with Crippen LogP contribution < -0.4 is 9.47 Å². The predicted octanol–water partition coefficient (Wildman–Crippen LogP) is 2.29. The van der Waals surface area contributed by atoms with Gasteiger partial charge >= 0.3 is 0 Å². The van der Waals surface area contributed by atoms with E-state index in [0.717, 1.165) is 24.8 Å². The highest BCUT2D eigenvalue weighted by molar-refractivity contribution is 5.56. The second-order valence-corrected chi connectivity index (χ2v) is 4.46. The Morgan fingerprint density at radius 1 is 1.32 bits per heavy atom. The first-order valence-corrected chi connectivity index (χ1v) is 5.96. The molecule has 98 valence electrons. The highest BCUT2D eigenvalue weighted by Crippen LogP contribution is 2.50. The lowest BCUT2D eigenvalue weighted by Crippen LogP contribution is -2.32. The molecular weight excluding hydrogens is 244 g/mol. The summed E-state index contributed by atoms with van der Waals surface area (Å²) in [5.41, 5.74) is 0.563. The normalized spacial score (nSPS) is 15.6. The molecule has 0 unspecified atom stereocenters. The highest BCUT2D eigenvalue weighted by Gasteiger charge is 2.42. The lowest BCUT2D eigenvalue weighted by atomic mass is 9.71. The van der Waals surface area contributed by atoms with E-state index < -0.39 is 5.54 Å². The molecule has 0 aromatic heterocycles. The van der Waals surface area contributed by atoms with Gasteiger partial charge in [0.2, 0.25) is 6.08 Å². The average Bonchev–Trinajstić information content (AvgIpc) is 2.41. The fourth-order valence-electron chi connectivity index (χ4n) is 2.42. The van der Waals surface area contributed by atoms with Gasteiger partial charge in [-0.1, -0.05) is 0 Å². The van der Waals surface area contributed by atoms with Crippen molar-refractivity contribution in [2.45, 2.75) is 24.8 Å². The van der Waals surface area contributed by atoms with Gasteiger partial charge in [0, 0.05) is 11.6 Å². The number of hydrogen-bond donors (Lipinski definition) is 0. The third kappa shape index (κ3) is 2.07. The molecule has 19 heavy (non-hydrogen) atoms. The maximum absolute atomic E-state index is 10.7. The van der Waals surface area contributed by atoms with E-state index in [1.54, 1.807) is 18.2 Å². The minimum atomic E-state index is -0.618. The summed E-state index contributed by atoms with van der Waals surface area (Å²) >= 11 is 0. The second-order valence-electron chi connectivity index (χ2n) is 4.46. The first-order chi connectivity index (χ1) is 9.20. The van der Waals surface area contributed by atoms with Crippen molar-refractivity contribution in [3.63, 3.8) is 0 Å². The van der Waals surface area contributed by atoms with E-state index in [-0.39, 0.29) is 0 Å². The maximum Gasteiger partial charge on any atom is 0.235 e. The van der Waals surface area contributed by atoms with Crippen molar-refractivity contribution in [1.82, 2.24) is 0 Å². The molecule has 5 nitrogen and oxygen atoms in total. The van der Waals surface area contributed by atoms with Crippen LogP contribution in [0.2, 0.25) is 0 Å². The van der Waals surface area contributed by atoms with Gasteiger partial charge in [-0.2, -0.15) is 10.3 Å². The molecule has 1 aromatic rings. The zero-order chi connectivity index (χ0) is 13.9. The molecule has 2 rings (SSSR count). The van der Waals surface area contributed by atoms with E-state index >= 15 is 0 Å². The van der Waals surface area contributed by atoms with Gasteiger partial charge in [0.1, 0.15) is 5.54 Å². The number of nitrogens with zero attached hydrogens (tertiary/aromatic N) is 2. The first kappa shape index (κ1) is 13.1. The number of isocyanates is 1.